The highest BCUT2D eigenvalue weighted by atomic mass is 16.5. The molecular formula is C25H28N6O2. The first-order valence-corrected chi connectivity index (χ1v) is 11.5. The number of aromatic nitrogens is 3. The monoisotopic (exact) mass is 444 g/mol. The summed E-state index contributed by atoms with van der Waals surface area (Å²) in [7, 11) is 1.61. The molecule has 1 aliphatic carbocycles. The smallest absolute Gasteiger partial charge is 0.225 e. The maximum absolute atomic E-state index is 12.5. The van der Waals surface area contributed by atoms with Gasteiger partial charge in [0.15, 0.2) is 0 Å². The number of nitriles is 1. The van der Waals surface area contributed by atoms with E-state index < -0.39 is 0 Å². The third kappa shape index (κ3) is 4.16. The maximum atomic E-state index is 12.5. The molecule has 3 heterocycles. The molecule has 0 bridgehead atoms. The van der Waals surface area contributed by atoms with Crippen molar-refractivity contribution < 1.29 is 9.53 Å². The fourth-order valence-electron chi connectivity index (χ4n) is 4.70. The van der Waals surface area contributed by atoms with Gasteiger partial charge in [-0.05, 0) is 43.5 Å². The minimum atomic E-state index is 0.0454. The second kappa shape index (κ2) is 8.83. The van der Waals surface area contributed by atoms with Gasteiger partial charge in [0.25, 0.3) is 0 Å². The van der Waals surface area contributed by atoms with Crippen molar-refractivity contribution in [2.24, 2.45) is 0 Å². The van der Waals surface area contributed by atoms with E-state index in [0.717, 1.165) is 46.4 Å². The topological polar surface area (TPSA) is 98.1 Å². The minimum Gasteiger partial charge on any atom is -0.384 e. The number of piperazine rings is 1. The Morgan fingerprint density at radius 1 is 1.30 bits per heavy atom. The molecule has 0 radical (unpaired) electrons. The maximum Gasteiger partial charge on any atom is 0.225 e. The number of nitrogens with one attached hydrogen (secondary N) is 1. The van der Waals surface area contributed by atoms with Gasteiger partial charge in [-0.25, -0.2) is 4.98 Å². The van der Waals surface area contributed by atoms with Crippen LogP contribution in [-0.4, -0.2) is 65.4 Å². The van der Waals surface area contributed by atoms with E-state index in [1.54, 1.807) is 7.11 Å². The summed E-state index contributed by atoms with van der Waals surface area (Å²) in [6.07, 6.45) is 4.45. The fourth-order valence-corrected chi connectivity index (χ4v) is 4.70. The van der Waals surface area contributed by atoms with Gasteiger partial charge in [0.2, 0.25) is 5.91 Å². The molecule has 1 saturated carbocycles. The highest BCUT2D eigenvalue weighted by Crippen LogP contribution is 2.45. The summed E-state index contributed by atoms with van der Waals surface area (Å²) >= 11 is 0. The summed E-state index contributed by atoms with van der Waals surface area (Å²) < 4.78 is 5.06. The van der Waals surface area contributed by atoms with Crippen molar-refractivity contribution in [3.8, 4) is 17.2 Å². The quantitative estimate of drug-likeness (QED) is 0.625. The zero-order valence-corrected chi connectivity index (χ0v) is 19.0. The first-order chi connectivity index (χ1) is 16.1. The van der Waals surface area contributed by atoms with Crippen molar-refractivity contribution in [3.05, 3.63) is 41.7 Å². The van der Waals surface area contributed by atoms with Gasteiger partial charge in [-0.1, -0.05) is 6.07 Å². The number of benzene rings is 1. The second-order valence-corrected chi connectivity index (χ2v) is 8.98. The molecule has 2 aromatic heterocycles. The number of hydrogen-bond donors (Lipinski definition) is 1. The van der Waals surface area contributed by atoms with E-state index in [2.05, 4.69) is 40.2 Å². The van der Waals surface area contributed by atoms with E-state index in [1.165, 1.54) is 0 Å². The first-order valence-electron chi connectivity index (χ1n) is 11.5. The molecule has 8 nitrogen and oxygen atoms in total. The third-order valence-corrected chi connectivity index (χ3v) is 6.64. The number of rotatable bonds is 6. The standard InChI is InChI=1S/C25H28N6O2/c1-16-15-30(8-9-31(16)23(32)7-10-33-2)25-19(13-26)12-21(24(28-25)17-3-4-17)18-5-6-22-20(11-18)14-27-29-22/h5-6,11-12,14,16-17H,3-4,7-10,15H2,1-2H3,(H,27,29). The van der Waals surface area contributed by atoms with Crippen molar-refractivity contribution in [2.45, 2.75) is 38.1 Å². The van der Waals surface area contributed by atoms with Gasteiger partial charge < -0.3 is 14.5 Å². The molecule has 170 valence electrons. The number of amides is 1. The molecule has 1 N–H and O–H groups in total. The molecule has 1 unspecified atom stereocenters. The van der Waals surface area contributed by atoms with Crippen LogP contribution in [-0.2, 0) is 9.53 Å². The number of carbonyl (C=O) groups is 1. The molecular weight excluding hydrogens is 416 g/mol. The predicted molar refractivity (Wildman–Crippen MR) is 126 cm³/mol. The molecule has 3 aromatic rings. The number of fused-ring (bicyclic) bond motifs is 1. The van der Waals surface area contributed by atoms with Crippen LogP contribution >= 0.6 is 0 Å². The van der Waals surface area contributed by atoms with Crippen molar-refractivity contribution in [2.75, 3.05) is 38.3 Å². The van der Waals surface area contributed by atoms with Gasteiger partial charge in [-0.3, -0.25) is 9.89 Å². The van der Waals surface area contributed by atoms with E-state index in [-0.39, 0.29) is 11.9 Å². The molecule has 33 heavy (non-hydrogen) atoms. The van der Waals surface area contributed by atoms with Gasteiger partial charge in [-0.2, -0.15) is 10.4 Å². The normalized spacial score (nSPS) is 18.5. The van der Waals surface area contributed by atoms with Crippen LogP contribution in [0.4, 0.5) is 5.82 Å². The van der Waals surface area contributed by atoms with E-state index in [4.69, 9.17) is 9.72 Å². The van der Waals surface area contributed by atoms with E-state index in [0.29, 0.717) is 44.1 Å². The van der Waals surface area contributed by atoms with Crippen LogP contribution in [0.15, 0.2) is 30.5 Å². The summed E-state index contributed by atoms with van der Waals surface area (Å²) in [4.78, 5) is 21.7. The lowest BCUT2D eigenvalue weighted by atomic mass is 9.98. The summed E-state index contributed by atoms with van der Waals surface area (Å²) in [6.45, 7) is 4.43. The van der Waals surface area contributed by atoms with E-state index in [1.807, 2.05) is 23.2 Å². The summed E-state index contributed by atoms with van der Waals surface area (Å²) in [5.41, 5.74) is 4.72. The minimum absolute atomic E-state index is 0.0454. The number of ether oxygens (including phenoxy) is 1. The lowest BCUT2D eigenvalue weighted by Gasteiger charge is -2.41. The van der Waals surface area contributed by atoms with Crippen LogP contribution in [0, 0.1) is 11.3 Å². The summed E-state index contributed by atoms with van der Waals surface area (Å²) in [5, 5.41) is 18.2. The van der Waals surface area contributed by atoms with Crippen LogP contribution < -0.4 is 4.90 Å². The molecule has 2 fully saturated rings. The Morgan fingerprint density at radius 2 is 2.15 bits per heavy atom. The highest BCUT2D eigenvalue weighted by molar-refractivity contribution is 5.85. The van der Waals surface area contributed by atoms with Crippen LogP contribution in [0.1, 0.15) is 43.4 Å². The molecule has 1 amide bonds. The van der Waals surface area contributed by atoms with Crippen molar-refractivity contribution in [1.82, 2.24) is 20.1 Å². The van der Waals surface area contributed by atoms with Gasteiger partial charge in [0.1, 0.15) is 11.9 Å². The van der Waals surface area contributed by atoms with Crippen molar-refractivity contribution >= 4 is 22.6 Å². The lowest BCUT2D eigenvalue weighted by Crippen LogP contribution is -2.54. The molecule has 1 atom stereocenters. The first kappa shape index (κ1) is 21.4. The number of aromatic amines is 1. The molecule has 0 spiro atoms. The largest absolute Gasteiger partial charge is 0.384 e. The third-order valence-electron chi connectivity index (χ3n) is 6.64. The Morgan fingerprint density at radius 3 is 2.88 bits per heavy atom. The molecule has 5 rings (SSSR count). The van der Waals surface area contributed by atoms with Crippen LogP contribution in [0.25, 0.3) is 22.0 Å². The summed E-state index contributed by atoms with van der Waals surface area (Å²) in [6, 6.07) is 10.6. The molecule has 2 aliphatic rings. The molecule has 8 heteroatoms. The molecule has 1 saturated heterocycles. The lowest BCUT2D eigenvalue weighted by molar-refractivity contribution is -0.134. The number of nitrogens with zero attached hydrogens (tertiary/aromatic N) is 5. The Labute approximate surface area is 193 Å². The number of carbonyl (C=O) groups excluding carboxylic acids is 1. The van der Waals surface area contributed by atoms with Crippen LogP contribution in [0.3, 0.4) is 0 Å². The molecule has 1 aliphatic heterocycles. The van der Waals surface area contributed by atoms with Gasteiger partial charge in [0, 0.05) is 49.7 Å². The number of methoxy groups -OCH3 is 1. The second-order valence-electron chi connectivity index (χ2n) is 8.98. The SMILES string of the molecule is COCCC(=O)N1CCN(c2nc(C3CC3)c(-c3ccc4[nH]ncc4c3)cc2C#N)CC1C. The Hall–Kier alpha value is -3.44. The van der Waals surface area contributed by atoms with Crippen LogP contribution in [0.5, 0.6) is 0 Å². The summed E-state index contributed by atoms with van der Waals surface area (Å²) in [5.74, 6) is 1.28. The number of hydrogen-bond acceptors (Lipinski definition) is 6. The van der Waals surface area contributed by atoms with Gasteiger partial charge in [-0.15, -0.1) is 0 Å². The van der Waals surface area contributed by atoms with Gasteiger partial charge in [0.05, 0.1) is 36.0 Å². The molecule has 1 aromatic carbocycles. The van der Waals surface area contributed by atoms with Gasteiger partial charge >= 0.3 is 0 Å². The van der Waals surface area contributed by atoms with E-state index >= 15 is 0 Å². The fraction of sp³-hybridized carbons (Fsp3) is 0.440. The van der Waals surface area contributed by atoms with Crippen LogP contribution in [0.2, 0.25) is 0 Å². The van der Waals surface area contributed by atoms with Crippen molar-refractivity contribution in [1.29, 1.82) is 5.26 Å². The Balaban J connectivity index is 1.46. The number of anilines is 1. The predicted octanol–water partition coefficient (Wildman–Crippen LogP) is 3.45. The number of H-pyrrole nitrogens is 1. The van der Waals surface area contributed by atoms with Crippen molar-refractivity contribution in [3.63, 3.8) is 0 Å². The number of pyridine rings is 1. The highest BCUT2D eigenvalue weighted by Gasteiger charge is 2.33. The Kier molecular flexibility index (Phi) is 5.73. The Bertz CT molecular complexity index is 1230. The average molecular weight is 445 g/mol. The zero-order valence-electron chi connectivity index (χ0n) is 19.0. The zero-order chi connectivity index (χ0) is 22.9. The average Bonchev–Trinajstić information content (AvgIpc) is 3.58. The van der Waals surface area contributed by atoms with E-state index in [9.17, 15) is 10.1 Å².